The summed E-state index contributed by atoms with van der Waals surface area (Å²) in [6.45, 7) is 0.157. The van der Waals surface area contributed by atoms with Crippen molar-refractivity contribution in [3.63, 3.8) is 0 Å². The van der Waals surface area contributed by atoms with Gasteiger partial charge in [0.1, 0.15) is 5.54 Å². The molecule has 0 atom stereocenters. The monoisotopic (exact) mass is 589 g/mol. The van der Waals surface area contributed by atoms with Crippen LogP contribution in [0.25, 0.3) is 10.9 Å². The highest BCUT2D eigenvalue weighted by atomic mass is 32.2. The second-order valence-electron chi connectivity index (χ2n) is 8.77. The molecule has 9 nitrogen and oxygen atoms in total. The van der Waals surface area contributed by atoms with Gasteiger partial charge in [-0.3, -0.25) is 9.78 Å². The Labute approximate surface area is 221 Å². The molecular weight excluding hydrogens is 572 g/mol. The number of amides is 3. The van der Waals surface area contributed by atoms with Gasteiger partial charge in [0.2, 0.25) is 0 Å². The number of rotatable bonds is 4. The van der Waals surface area contributed by atoms with E-state index in [9.17, 15) is 44.3 Å². The van der Waals surface area contributed by atoms with Crippen LogP contribution in [0.1, 0.15) is 18.4 Å². The van der Waals surface area contributed by atoms with Crippen LogP contribution in [0.15, 0.2) is 65.7 Å². The predicted octanol–water partition coefficient (Wildman–Crippen LogP) is 4.66. The molecule has 1 aliphatic carbocycles. The molecule has 1 spiro atoms. The van der Waals surface area contributed by atoms with Crippen molar-refractivity contribution in [3.8, 4) is 0 Å². The lowest BCUT2D eigenvalue weighted by molar-refractivity contribution is -0.192. The van der Waals surface area contributed by atoms with Crippen molar-refractivity contribution in [3.05, 3.63) is 66.4 Å². The molecule has 2 heterocycles. The number of para-hydroxylation sites is 1. The minimum absolute atomic E-state index is 0.0134. The Morgan fingerprint density at radius 3 is 2.05 bits per heavy atom. The summed E-state index contributed by atoms with van der Waals surface area (Å²) >= 11 is 0. The van der Waals surface area contributed by atoms with Gasteiger partial charge in [0.05, 0.1) is 16.1 Å². The van der Waals surface area contributed by atoms with Crippen molar-refractivity contribution in [2.45, 2.75) is 41.5 Å². The molecule has 0 bridgehead atoms. The molecule has 1 N–H and O–H groups in total. The van der Waals surface area contributed by atoms with E-state index in [4.69, 9.17) is 9.90 Å². The van der Waals surface area contributed by atoms with Crippen LogP contribution in [0, 0.1) is 0 Å². The first-order chi connectivity index (χ1) is 18.5. The molecule has 2 fully saturated rings. The maximum atomic E-state index is 13.3. The lowest BCUT2D eigenvalue weighted by atomic mass is 10.1. The topological polar surface area (TPSA) is 125 Å². The zero-order valence-electron chi connectivity index (χ0n) is 19.9. The number of sulfone groups is 1. The zero-order chi connectivity index (χ0) is 29.7. The molecule has 3 aromatic rings. The number of carboxylic acid groups (broad SMARTS) is 1. The number of fused-ring (bicyclic) bond motifs is 1. The maximum absolute atomic E-state index is 13.3. The van der Waals surface area contributed by atoms with Crippen LogP contribution in [0.3, 0.4) is 0 Å². The molecule has 2 aliphatic rings. The summed E-state index contributed by atoms with van der Waals surface area (Å²) in [5, 5.41) is 7.97. The van der Waals surface area contributed by atoms with Gasteiger partial charge >= 0.3 is 23.7 Å². The van der Waals surface area contributed by atoms with Gasteiger partial charge in [-0.15, -0.1) is 0 Å². The zero-order valence-corrected chi connectivity index (χ0v) is 20.7. The van der Waals surface area contributed by atoms with Gasteiger partial charge in [0, 0.05) is 18.1 Å². The molecule has 1 aromatic heterocycles. The Balaban J connectivity index is 0.000000470. The molecular formula is C24H17F6N3O6S. The van der Waals surface area contributed by atoms with E-state index in [-0.39, 0.29) is 12.2 Å². The maximum Gasteiger partial charge on any atom is 0.501 e. The van der Waals surface area contributed by atoms with Crippen molar-refractivity contribution in [2.24, 2.45) is 0 Å². The number of carbonyl (C=O) groups is 3. The molecule has 40 heavy (non-hydrogen) atoms. The number of aromatic nitrogens is 1. The van der Waals surface area contributed by atoms with Gasteiger partial charge in [-0.2, -0.15) is 26.3 Å². The summed E-state index contributed by atoms with van der Waals surface area (Å²) in [5.41, 5.74) is -4.88. The quantitative estimate of drug-likeness (QED) is 0.347. The molecule has 0 radical (unpaired) electrons. The summed E-state index contributed by atoms with van der Waals surface area (Å²) < 4.78 is 93.4. The second kappa shape index (κ2) is 9.76. The Bertz CT molecular complexity index is 1600. The van der Waals surface area contributed by atoms with Crippen molar-refractivity contribution in [2.75, 3.05) is 4.90 Å². The summed E-state index contributed by atoms with van der Waals surface area (Å²) in [6, 6.07) is 12.1. The fraction of sp³-hybridized carbons (Fsp3) is 0.250. The number of aliphatic carboxylic acids is 1. The molecule has 1 saturated heterocycles. The van der Waals surface area contributed by atoms with Gasteiger partial charge < -0.3 is 10.0 Å². The molecule has 0 unspecified atom stereocenters. The Kier molecular flexibility index (Phi) is 7.03. The largest absolute Gasteiger partial charge is 0.501 e. The molecule has 1 saturated carbocycles. The van der Waals surface area contributed by atoms with Crippen LogP contribution in [0.2, 0.25) is 0 Å². The second-order valence-corrected chi connectivity index (χ2v) is 10.7. The molecule has 1 aliphatic heterocycles. The van der Waals surface area contributed by atoms with E-state index < -0.39 is 49.9 Å². The summed E-state index contributed by atoms with van der Waals surface area (Å²) in [6.07, 6.45) is -2.52. The van der Waals surface area contributed by atoms with Crippen LogP contribution in [-0.2, 0) is 26.0 Å². The lowest BCUT2D eigenvalue weighted by Gasteiger charge is -2.22. The molecule has 5 rings (SSSR count). The van der Waals surface area contributed by atoms with E-state index in [0.717, 1.165) is 45.6 Å². The number of pyridine rings is 1. The number of carboxylic acids is 1. The highest BCUT2D eigenvalue weighted by Gasteiger charge is 2.65. The lowest BCUT2D eigenvalue weighted by Crippen LogP contribution is -2.36. The third kappa shape index (κ3) is 5.05. The minimum Gasteiger partial charge on any atom is -0.475 e. The van der Waals surface area contributed by atoms with Crippen LogP contribution in [0.4, 0.5) is 36.8 Å². The fourth-order valence-electron chi connectivity index (χ4n) is 4.13. The highest BCUT2D eigenvalue weighted by Crippen LogP contribution is 2.50. The van der Waals surface area contributed by atoms with Gasteiger partial charge in [0.15, 0.2) is 0 Å². The van der Waals surface area contributed by atoms with Crippen LogP contribution >= 0.6 is 0 Å². The van der Waals surface area contributed by atoms with E-state index in [1.165, 1.54) is 4.90 Å². The van der Waals surface area contributed by atoms with Gasteiger partial charge in [0.25, 0.3) is 15.7 Å². The number of alkyl halides is 6. The molecule has 3 amide bonds. The first-order valence-electron chi connectivity index (χ1n) is 11.2. The number of benzene rings is 2. The van der Waals surface area contributed by atoms with Gasteiger partial charge in [-0.1, -0.05) is 18.2 Å². The number of hydrogen-bond acceptors (Lipinski definition) is 6. The van der Waals surface area contributed by atoms with Crippen LogP contribution in [0.5, 0.6) is 0 Å². The highest BCUT2D eigenvalue weighted by molar-refractivity contribution is 7.92. The van der Waals surface area contributed by atoms with E-state index in [1.54, 1.807) is 12.3 Å². The molecule has 212 valence electrons. The van der Waals surface area contributed by atoms with E-state index in [2.05, 4.69) is 4.98 Å². The Morgan fingerprint density at radius 1 is 0.950 bits per heavy atom. The first-order valence-corrected chi connectivity index (χ1v) is 12.7. The summed E-state index contributed by atoms with van der Waals surface area (Å²) in [5.74, 6) is -3.23. The minimum atomic E-state index is -5.53. The molecule has 16 heteroatoms. The average Bonchev–Trinajstić information content (AvgIpc) is 3.65. The van der Waals surface area contributed by atoms with E-state index in [1.807, 2.05) is 24.3 Å². The summed E-state index contributed by atoms with van der Waals surface area (Å²) in [4.78, 5) is 41.0. The van der Waals surface area contributed by atoms with Crippen LogP contribution < -0.4 is 4.90 Å². The van der Waals surface area contributed by atoms with Crippen LogP contribution in [-0.4, -0.2) is 58.5 Å². The third-order valence-electron chi connectivity index (χ3n) is 6.28. The van der Waals surface area contributed by atoms with Crippen molar-refractivity contribution in [1.29, 1.82) is 0 Å². The average molecular weight is 589 g/mol. The smallest absolute Gasteiger partial charge is 0.475 e. The Morgan fingerprint density at radius 2 is 1.52 bits per heavy atom. The fourth-order valence-corrected chi connectivity index (χ4v) is 4.90. The van der Waals surface area contributed by atoms with Crippen molar-refractivity contribution < 1.29 is 54.3 Å². The van der Waals surface area contributed by atoms with Gasteiger partial charge in [-0.05, 0) is 54.8 Å². The third-order valence-corrected chi connectivity index (χ3v) is 7.79. The number of anilines is 1. The number of hydrogen-bond donors (Lipinski definition) is 1. The predicted molar refractivity (Wildman–Crippen MR) is 126 cm³/mol. The Hall–Kier alpha value is -4.21. The van der Waals surface area contributed by atoms with Crippen molar-refractivity contribution in [1.82, 2.24) is 9.88 Å². The van der Waals surface area contributed by atoms with E-state index >= 15 is 0 Å². The standard InChI is InChI=1S/C22H16F3N3O4S.C2HF3O2/c23-22(24,25)33(31,32)16-7-5-15(6-8-16)28-19(29)21(10-11-21)27(20(28)30)13-14-9-12-26-18-4-2-1-3-17(14)18;3-2(4,5)1(6)7/h1-9,12H,10-11,13H2;(H,6,7). The number of halogens is 6. The summed E-state index contributed by atoms with van der Waals surface area (Å²) in [7, 11) is -5.53. The van der Waals surface area contributed by atoms with Gasteiger partial charge in [-0.25, -0.2) is 22.9 Å². The van der Waals surface area contributed by atoms with Crippen molar-refractivity contribution >= 4 is 44.3 Å². The number of imide groups is 1. The van der Waals surface area contributed by atoms with E-state index in [0.29, 0.717) is 12.8 Å². The molecule has 2 aromatic carbocycles. The first kappa shape index (κ1) is 28.8. The number of urea groups is 1. The normalized spacial score (nSPS) is 16.8. The number of nitrogens with zero attached hydrogens (tertiary/aromatic N) is 3. The number of carbonyl (C=O) groups excluding carboxylic acids is 2. The SMILES string of the molecule is O=C(O)C(F)(F)F.O=C1N(c2ccc(S(=O)(=O)C(F)(F)F)cc2)C(=O)C2(CC2)N1Cc1ccnc2ccccc12.